The van der Waals surface area contributed by atoms with E-state index in [4.69, 9.17) is 10.5 Å². The molecular formula is C11H17N3O2. The highest BCUT2D eigenvalue weighted by atomic mass is 16.5. The second-order valence-electron chi connectivity index (χ2n) is 4.27. The number of ether oxygens (including phenoxy) is 1. The van der Waals surface area contributed by atoms with Crippen molar-refractivity contribution in [2.75, 3.05) is 5.73 Å². The van der Waals surface area contributed by atoms with Crippen LogP contribution < -0.4 is 5.73 Å². The van der Waals surface area contributed by atoms with Gasteiger partial charge in [-0.1, -0.05) is 6.42 Å². The molecule has 16 heavy (non-hydrogen) atoms. The van der Waals surface area contributed by atoms with Crippen molar-refractivity contribution in [1.82, 2.24) is 9.78 Å². The van der Waals surface area contributed by atoms with Gasteiger partial charge in [0.25, 0.3) is 0 Å². The number of rotatable bonds is 2. The average Bonchev–Trinajstić information content (AvgIpc) is 2.59. The van der Waals surface area contributed by atoms with Gasteiger partial charge >= 0.3 is 5.97 Å². The molecule has 88 valence electrons. The molecule has 1 aromatic rings. The van der Waals surface area contributed by atoms with Gasteiger partial charge in [-0.15, -0.1) is 0 Å². The van der Waals surface area contributed by atoms with Crippen LogP contribution in [-0.2, 0) is 11.8 Å². The third-order valence-electron chi connectivity index (χ3n) is 2.88. The molecule has 0 radical (unpaired) electrons. The second-order valence-corrected chi connectivity index (χ2v) is 4.27. The number of anilines is 1. The topological polar surface area (TPSA) is 70.1 Å². The third kappa shape index (κ3) is 2.35. The van der Waals surface area contributed by atoms with Crippen molar-refractivity contribution in [2.45, 2.75) is 38.2 Å². The molecule has 1 fully saturated rings. The van der Waals surface area contributed by atoms with Crippen molar-refractivity contribution < 1.29 is 9.53 Å². The van der Waals surface area contributed by atoms with Crippen molar-refractivity contribution in [3.05, 3.63) is 11.9 Å². The lowest BCUT2D eigenvalue weighted by Gasteiger charge is -2.21. The number of nitrogens with two attached hydrogens (primary N) is 1. The van der Waals surface area contributed by atoms with E-state index in [-0.39, 0.29) is 11.8 Å². The summed E-state index contributed by atoms with van der Waals surface area (Å²) in [6, 6.07) is 0. The van der Waals surface area contributed by atoms with Gasteiger partial charge in [-0.3, -0.25) is 4.68 Å². The van der Waals surface area contributed by atoms with E-state index in [1.54, 1.807) is 13.2 Å². The lowest BCUT2D eigenvalue weighted by molar-refractivity contribution is 0.0205. The fourth-order valence-electron chi connectivity index (χ4n) is 2.06. The smallest absolute Gasteiger partial charge is 0.361 e. The first-order chi connectivity index (χ1) is 7.66. The number of esters is 1. The zero-order valence-electron chi connectivity index (χ0n) is 9.48. The van der Waals surface area contributed by atoms with E-state index >= 15 is 0 Å². The van der Waals surface area contributed by atoms with Gasteiger partial charge in [0.05, 0.1) is 5.69 Å². The zero-order chi connectivity index (χ0) is 11.5. The molecule has 2 N–H and O–H groups in total. The maximum atomic E-state index is 11.8. The summed E-state index contributed by atoms with van der Waals surface area (Å²) in [6.07, 6.45) is 7.07. The number of nitrogen functional groups attached to an aromatic ring is 1. The molecule has 1 heterocycles. The molecule has 0 saturated heterocycles. The summed E-state index contributed by atoms with van der Waals surface area (Å²) >= 11 is 0. The molecule has 0 amide bonds. The van der Waals surface area contributed by atoms with Crippen LogP contribution in [0.5, 0.6) is 0 Å². The van der Waals surface area contributed by atoms with Crippen molar-refractivity contribution >= 4 is 11.7 Å². The molecule has 0 unspecified atom stereocenters. The molecular weight excluding hydrogens is 206 g/mol. The van der Waals surface area contributed by atoms with Gasteiger partial charge < -0.3 is 10.5 Å². The van der Waals surface area contributed by atoms with E-state index in [0.717, 1.165) is 25.7 Å². The van der Waals surface area contributed by atoms with Crippen molar-refractivity contribution in [3.8, 4) is 0 Å². The van der Waals surface area contributed by atoms with Gasteiger partial charge in [0.15, 0.2) is 5.69 Å². The SMILES string of the molecule is Cn1cc(N)c(C(=O)OC2CCCCC2)n1. The lowest BCUT2D eigenvalue weighted by Crippen LogP contribution is -2.21. The Morgan fingerprint density at radius 3 is 2.75 bits per heavy atom. The molecule has 1 saturated carbocycles. The van der Waals surface area contributed by atoms with E-state index in [0.29, 0.717) is 5.69 Å². The predicted molar refractivity (Wildman–Crippen MR) is 59.9 cm³/mol. The van der Waals surface area contributed by atoms with Gasteiger partial charge in [-0.2, -0.15) is 5.10 Å². The Morgan fingerprint density at radius 1 is 1.50 bits per heavy atom. The minimum absolute atomic E-state index is 0.0441. The van der Waals surface area contributed by atoms with Crippen molar-refractivity contribution in [3.63, 3.8) is 0 Å². The number of carbonyl (C=O) groups is 1. The van der Waals surface area contributed by atoms with Gasteiger partial charge in [-0.05, 0) is 25.7 Å². The Balaban J connectivity index is 1.99. The summed E-state index contributed by atoms with van der Waals surface area (Å²) in [7, 11) is 1.73. The summed E-state index contributed by atoms with van der Waals surface area (Å²) in [6.45, 7) is 0. The highest BCUT2D eigenvalue weighted by Crippen LogP contribution is 2.22. The molecule has 1 aliphatic rings. The Hall–Kier alpha value is -1.52. The minimum Gasteiger partial charge on any atom is -0.458 e. The standard InChI is InChI=1S/C11H17N3O2/c1-14-7-9(12)10(13-14)11(15)16-8-5-3-2-4-6-8/h7-8H,2-6,12H2,1H3. The largest absolute Gasteiger partial charge is 0.458 e. The number of nitrogens with zero attached hydrogens (tertiary/aromatic N) is 2. The number of hydrogen-bond donors (Lipinski definition) is 1. The Kier molecular flexibility index (Phi) is 3.12. The van der Waals surface area contributed by atoms with Gasteiger partial charge in [-0.25, -0.2) is 4.79 Å². The highest BCUT2D eigenvalue weighted by molar-refractivity contribution is 5.92. The average molecular weight is 223 g/mol. The summed E-state index contributed by atoms with van der Waals surface area (Å²) in [5.74, 6) is -0.398. The van der Waals surface area contributed by atoms with Crippen LogP contribution in [0.15, 0.2) is 6.20 Å². The van der Waals surface area contributed by atoms with E-state index in [1.807, 2.05) is 0 Å². The lowest BCUT2D eigenvalue weighted by atomic mass is 9.98. The monoisotopic (exact) mass is 223 g/mol. The Morgan fingerprint density at radius 2 is 2.19 bits per heavy atom. The van der Waals surface area contributed by atoms with Crippen LogP contribution in [0.3, 0.4) is 0 Å². The Labute approximate surface area is 94.6 Å². The fourth-order valence-corrected chi connectivity index (χ4v) is 2.06. The molecule has 5 nitrogen and oxygen atoms in total. The van der Waals surface area contributed by atoms with Gasteiger partial charge in [0.1, 0.15) is 6.10 Å². The molecule has 2 rings (SSSR count). The minimum atomic E-state index is -0.398. The van der Waals surface area contributed by atoms with E-state index < -0.39 is 5.97 Å². The van der Waals surface area contributed by atoms with Crippen LogP contribution in [0.1, 0.15) is 42.6 Å². The molecule has 0 aromatic carbocycles. The zero-order valence-corrected chi connectivity index (χ0v) is 9.48. The van der Waals surface area contributed by atoms with Crippen molar-refractivity contribution in [2.24, 2.45) is 7.05 Å². The number of aryl methyl sites for hydroxylation is 1. The first kappa shape index (κ1) is 11.0. The normalized spacial score (nSPS) is 17.3. The van der Waals surface area contributed by atoms with Gasteiger partial charge in [0, 0.05) is 13.2 Å². The summed E-state index contributed by atoms with van der Waals surface area (Å²) in [4.78, 5) is 11.8. The van der Waals surface area contributed by atoms with Crippen LogP contribution in [0.25, 0.3) is 0 Å². The van der Waals surface area contributed by atoms with Crippen LogP contribution in [0, 0.1) is 0 Å². The maximum Gasteiger partial charge on any atom is 0.361 e. The maximum absolute atomic E-state index is 11.8. The van der Waals surface area contributed by atoms with Crippen LogP contribution in [0.2, 0.25) is 0 Å². The fraction of sp³-hybridized carbons (Fsp3) is 0.636. The molecule has 1 aliphatic carbocycles. The number of carbonyl (C=O) groups excluding carboxylic acids is 1. The van der Waals surface area contributed by atoms with E-state index in [9.17, 15) is 4.79 Å². The quantitative estimate of drug-likeness (QED) is 0.771. The van der Waals surface area contributed by atoms with E-state index in [1.165, 1.54) is 11.1 Å². The van der Waals surface area contributed by atoms with Crippen molar-refractivity contribution in [1.29, 1.82) is 0 Å². The summed E-state index contributed by atoms with van der Waals surface area (Å²) in [5.41, 5.74) is 6.27. The molecule has 5 heteroatoms. The van der Waals surface area contributed by atoms with Crippen LogP contribution in [-0.4, -0.2) is 21.9 Å². The third-order valence-corrected chi connectivity index (χ3v) is 2.88. The Bertz CT molecular complexity index is 381. The number of hydrogen-bond acceptors (Lipinski definition) is 4. The molecule has 0 spiro atoms. The molecule has 0 aliphatic heterocycles. The highest BCUT2D eigenvalue weighted by Gasteiger charge is 2.22. The predicted octanol–water partition coefficient (Wildman–Crippen LogP) is 1.49. The summed E-state index contributed by atoms with van der Waals surface area (Å²) < 4.78 is 6.90. The van der Waals surface area contributed by atoms with E-state index in [2.05, 4.69) is 5.10 Å². The first-order valence-electron chi connectivity index (χ1n) is 5.67. The van der Waals surface area contributed by atoms with Crippen LogP contribution >= 0.6 is 0 Å². The molecule has 1 aromatic heterocycles. The first-order valence-corrected chi connectivity index (χ1v) is 5.67. The van der Waals surface area contributed by atoms with Crippen LogP contribution in [0.4, 0.5) is 5.69 Å². The van der Waals surface area contributed by atoms with Gasteiger partial charge in [0.2, 0.25) is 0 Å². The molecule has 0 bridgehead atoms. The number of aromatic nitrogens is 2. The summed E-state index contributed by atoms with van der Waals surface area (Å²) in [5, 5.41) is 3.99. The molecule has 0 atom stereocenters. The second kappa shape index (κ2) is 4.55.